The minimum absolute atomic E-state index is 0.0442. The molecule has 2 aromatic heterocycles. The number of fused-ring (bicyclic) bond motifs is 1. The van der Waals surface area contributed by atoms with Gasteiger partial charge in [0.2, 0.25) is 0 Å². The second-order valence-electron chi connectivity index (χ2n) is 6.92. The molecule has 25 heavy (non-hydrogen) atoms. The van der Waals surface area contributed by atoms with E-state index in [0.717, 1.165) is 44.6 Å². The van der Waals surface area contributed by atoms with Crippen molar-refractivity contribution in [2.45, 2.75) is 62.8 Å². The molecule has 6 nitrogen and oxygen atoms in total. The zero-order valence-corrected chi connectivity index (χ0v) is 13.7. The molecule has 1 unspecified atom stereocenters. The van der Waals surface area contributed by atoms with E-state index in [0.29, 0.717) is 6.61 Å². The second kappa shape index (κ2) is 6.12. The molecule has 1 saturated heterocycles. The molecular formula is C16H20F3N5O. The summed E-state index contributed by atoms with van der Waals surface area (Å²) in [7, 11) is 0. The van der Waals surface area contributed by atoms with E-state index in [9.17, 15) is 13.2 Å². The molecule has 2 aromatic rings. The van der Waals surface area contributed by atoms with Gasteiger partial charge in [-0.05, 0) is 25.7 Å². The Morgan fingerprint density at radius 2 is 2.04 bits per heavy atom. The fourth-order valence-electron chi connectivity index (χ4n) is 3.96. The fraction of sp³-hybridized carbons (Fsp3) is 0.688. The molecule has 1 aliphatic heterocycles. The summed E-state index contributed by atoms with van der Waals surface area (Å²) in [5.74, 6) is 0.212. The fourth-order valence-corrected chi connectivity index (χ4v) is 3.96. The highest BCUT2D eigenvalue weighted by Gasteiger charge is 2.39. The molecule has 1 aliphatic carbocycles. The van der Waals surface area contributed by atoms with Crippen LogP contribution in [-0.2, 0) is 10.9 Å². The Morgan fingerprint density at radius 1 is 1.24 bits per heavy atom. The van der Waals surface area contributed by atoms with Crippen molar-refractivity contribution in [3.8, 4) is 0 Å². The molecule has 1 N–H and O–H groups in total. The van der Waals surface area contributed by atoms with Crippen LogP contribution in [-0.4, -0.2) is 37.8 Å². The van der Waals surface area contributed by atoms with Crippen molar-refractivity contribution in [3.05, 3.63) is 18.1 Å². The van der Waals surface area contributed by atoms with Crippen molar-refractivity contribution in [2.75, 3.05) is 11.9 Å². The highest BCUT2D eigenvalue weighted by molar-refractivity contribution is 5.46. The Kier molecular flexibility index (Phi) is 4.05. The van der Waals surface area contributed by atoms with Crippen LogP contribution in [0.1, 0.15) is 50.6 Å². The largest absolute Gasteiger partial charge is 0.433 e. The van der Waals surface area contributed by atoms with E-state index >= 15 is 0 Å². The molecule has 0 aromatic carbocycles. The van der Waals surface area contributed by atoms with Crippen LogP contribution in [0.3, 0.4) is 0 Å². The first-order chi connectivity index (χ1) is 12.0. The molecule has 0 amide bonds. The average molecular weight is 355 g/mol. The van der Waals surface area contributed by atoms with Crippen LogP contribution in [0.15, 0.2) is 12.4 Å². The lowest BCUT2D eigenvalue weighted by Gasteiger charge is -2.43. The quantitative estimate of drug-likeness (QED) is 0.894. The molecule has 9 heteroatoms. The van der Waals surface area contributed by atoms with Crippen LogP contribution in [0.2, 0.25) is 0 Å². The summed E-state index contributed by atoms with van der Waals surface area (Å²) >= 11 is 0. The Hall–Kier alpha value is -1.90. The number of hydrogen-bond acceptors (Lipinski definition) is 5. The zero-order valence-electron chi connectivity index (χ0n) is 13.7. The highest BCUT2D eigenvalue weighted by atomic mass is 19.4. The van der Waals surface area contributed by atoms with E-state index in [1.165, 1.54) is 17.3 Å². The Morgan fingerprint density at radius 3 is 2.80 bits per heavy atom. The number of ether oxygens (including phenoxy) is 1. The Bertz CT molecular complexity index is 748. The number of aromatic nitrogens is 4. The predicted octanol–water partition coefficient (Wildman–Crippen LogP) is 3.44. The van der Waals surface area contributed by atoms with Gasteiger partial charge in [0, 0.05) is 18.7 Å². The van der Waals surface area contributed by atoms with Crippen LogP contribution in [0.25, 0.3) is 5.78 Å². The van der Waals surface area contributed by atoms with Crippen molar-refractivity contribution in [3.63, 3.8) is 0 Å². The van der Waals surface area contributed by atoms with Crippen molar-refractivity contribution in [2.24, 2.45) is 0 Å². The lowest BCUT2D eigenvalue weighted by Crippen LogP contribution is -2.45. The summed E-state index contributed by atoms with van der Waals surface area (Å²) in [5, 5.41) is 7.23. The molecule has 0 bridgehead atoms. The number of halogens is 3. The predicted molar refractivity (Wildman–Crippen MR) is 84.2 cm³/mol. The molecule has 1 spiro atoms. The van der Waals surface area contributed by atoms with Gasteiger partial charge >= 0.3 is 6.18 Å². The molecule has 1 saturated carbocycles. The van der Waals surface area contributed by atoms with E-state index in [-0.39, 0.29) is 23.2 Å². The van der Waals surface area contributed by atoms with Gasteiger partial charge in [0.1, 0.15) is 12.1 Å². The maximum Gasteiger partial charge on any atom is 0.433 e. The SMILES string of the molecule is FC(F)(F)c1cc(NC2CCOC3(CCCCC3)C2)n2ncnc2n1. The number of nitrogens with one attached hydrogen (secondary N) is 1. The lowest BCUT2D eigenvalue weighted by molar-refractivity contribution is -0.141. The number of nitrogens with zero attached hydrogens (tertiary/aromatic N) is 4. The van der Waals surface area contributed by atoms with Crippen molar-refractivity contribution in [1.29, 1.82) is 0 Å². The van der Waals surface area contributed by atoms with Crippen molar-refractivity contribution >= 4 is 11.6 Å². The molecule has 4 rings (SSSR count). The minimum Gasteiger partial charge on any atom is -0.375 e. The first-order valence-electron chi connectivity index (χ1n) is 8.64. The smallest absolute Gasteiger partial charge is 0.375 e. The van der Waals surface area contributed by atoms with Gasteiger partial charge < -0.3 is 10.1 Å². The summed E-state index contributed by atoms with van der Waals surface area (Å²) in [6.45, 7) is 0.620. The normalized spacial score (nSPS) is 23.9. The van der Waals surface area contributed by atoms with Crippen LogP contribution in [0, 0.1) is 0 Å². The van der Waals surface area contributed by atoms with Gasteiger partial charge in [0.25, 0.3) is 5.78 Å². The Balaban J connectivity index is 1.60. The first kappa shape index (κ1) is 16.6. The van der Waals surface area contributed by atoms with Crippen molar-refractivity contribution < 1.29 is 17.9 Å². The molecule has 1 atom stereocenters. The monoisotopic (exact) mass is 355 g/mol. The van der Waals surface area contributed by atoms with Gasteiger partial charge in [-0.25, -0.2) is 4.98 Å². The van der Waals surface area contributed by atoms with Gasteiger partial charge in [-0.15, -0.1) is 0 Å². The average Bonchev–Trinajstić information content (AvgIpc) is 3.04. The summed E-state index contributed by atoms with van der Waals surface area (Å²) < 4.78 is 46.7. The number of rotatable bonds is 2. The number of alkyl halides is 3. The standard InChI is InChI=1S/C16H20F3N5O/c17-16(18,19)12-8-13(24-14(23-12)20-10-21-24)22-11-4-7-25-15(9-11)5-2-1-3-6-15/h8,10-11,22H,1-7,9H2. The van der Waals surface area contributed by atoms with E-state index in [2.05, 4.69) is 20.4 Å². The molecule has 136 valence electrons. The maximum absolute atomic E-state index is 13.1. The summed E-state index contributed by atoms with van der Waals surface area (Å²) in [5.41, 5.74) is -1.09. The van der Waals surface area contributed by atoms with Gasteiger partial charge in [0.05, 0.1) is 5.60 Å². The van der Waals surface area contributed by atoms with Crippen LogP contribution in [0.4, 0.5) is 19.0 Å². The third-order valence-corrected chi connectivity index (χ3v) is 5.15. The summed E-state index contributed by atoms with van der Waals surface area (Å²) in [6.07, 6.45) is 3.80. The highest BCUT2D eigenvalue weighted by Crippen LogP contribution is 2.39. The zero-order chi connectivity index (χ0) is 17.5. The van der Waals surface area contributed by atoms with Crippen LogP contribution in [0.5, 0.6) is 0 Å². The summed E-state index contributed by atoms with van der Waals surface area (Å²) in [4.78, 5) is 7.35. The minimum atomic E-state index is -4.52. The van der Waals surface area contributed by atoms with Gasteiger partial charge in [0.15, 0.2) is 5.69 Å². The van der Waals surface area contributed by atoms with E-state index in [4.69, 9.17) is 4.74 Å². The van der Waals surface area contributed by atoms with Gasteiger partial charge in [-0.2, -0.15) is 27.8 Å². The maximum atomic E-state index is 13.1. The van der Waals surface area contributed by atoms with Gasteiger partial charge in [-0.1, -0.05) is 19.3 Å². The molecule has 0 radical (unpaired) electrons. The van der Waals surface area contributed by atoms with E-state index in [1.54, 1.807) is 0 Å². The van der Waals surface area contributed by atoms with Crippen LogP contribution >= 0.6 is 0 Å². The molecule has 2 fully saturated rings. The molecule has 2 aliphatic rings. The molecular weight excluding hydrogens is 335 g/mol. The number of hydrogen-bond donors (Lipinski definition) is 1. The lowest BCUT2D eigenvalue weighted by atomic mass is 9.78. The first-order valence-corrected chi connectivity index (χ1v) is 8.64. The summed E-state index contributed by atoms with van der Waals surface area (Å²) in [6, 6.07) is 1.05. The van der Waals surface area contributed by atoms with Crippen LogP contribution < -0.4 is 5.32 Å². The topological polar surface area (TPSA) is 64.3 Å². The third-order valence-electron chi connectivity index (χ3n) is 5.15. The third kappa shape index (κ3) is 3.29. The number of anilines is 1. The van der Waals surface area contributed by atoms with E-state index in [1.807, 2.05) is 0 Å². The Labute approximate surface area is 142 Å². The van der Waals surface area contributed by atoms with E-state index < -0.39 is 11.9 Å². The van der Waals surface area contributed by atoms with Gasteiger partial charge in [-0.3, -0.25) is 0 Å². The second-order valence-corrected chi connectivity index (χ2v) is 6.92. The molecule has 3 heterocycles. The van der Waals surface area contributed by atoms with Crippen molar-refractivity contribution in [1.82, 2.24) is 19.6 Å².